The Balaban J connectivity index is 1.38. The minimum atomic E-state index is -0.330. The van der Waals surface area contributed by atoms with Gasteiger partial charge in [0, 0.05) is 37.4 Å². The van der Waals surface area contributed by atoms with Crippen molar-refractivity contribution in [1.29, 1.82) is 0 Å². The fraction of sp³-hybridized carbons (Fsp3) is 0.292. The lowest BCUT2D eigenvalue weighted by atomic mass is 10.1. The minimum Gasteiger partial charge on any atom is -0.338 e. The van der Waals surface area contributed by atoms with E-state index in [0.29, 0.717) is 19.6 Å². The molecule has 0 bridgehead atoms. The molecular formula is C24H26N4O2. The number of rotatable bonds is 6. The lowest BCUT2D eigenvalue weighted by Gasteiger charge is -2.17. The Labute approximate surface area is 176 Å². The summed E-state index contributed by atoms with van der Waals surface area (Å²) in [6.45, 7) is 5.73. The van der Waals surface area contributed by atoms with Gasteiger partial charge in [0.25, 0.3) is 0 Å². The van der Waals surface area contributed by atoms with Crippen LogP contribution in [-0.4, -0.2) is 32.8 Å². The molecule has 0 radical (unpaired) electrons. The van der Waals surface area contributed by atoms with Crippen molar-refractivity contribution in [2.75, 3.05) is 11.9 Å². The molecule has 2 amide bonds. The number of amides is 2. The Bertz CT molecular complexity index is 1060. The van der Waals surface area contributed by atoms with Crippen LogP contribution in [0.4, 0.5) is 5.69 Å². The number of aromatic nitrogens is 2. The maximum atomic E-state index is 12.8. The molecule has 0 aliphatic carbocycles. The lowest BCUT2D eigenvalue weighted by Crippen LogP contribution is -2.28. The van der Waals surface area contributed by atoms with E-state index in [-0.39, 0.29) is 24.2 Å². The van der Waals surface area contributed by atoms with Crippen LogP contribution in [0.5, 0.6) is 0 Å². The summed E-state index contributed by atoms with van der Waals surface area (Å²) in [7, 11) is 0. The molecule has 4 rings (SSSR count). The van der Waals surface area contributed by atoms with Crippen LogP contribution in [0.3, 0.4) is 0 Å². The molecule has 0 saturated carbocycles. The third-order valence-electron chi connectivity index (χ3n) is 5.69. The van der Waals surface area contributed by atoms with E-state index >= 15 is 0 Å². The number of likely N-dealkylation sites (tertiary alicyclic amines) is 1. The zero-order valence-electron chi connectivity index (χ0n) is 17.3. The zero-order chi connectivity index (χ0) is 21.1. The van der Waals surface area contributed by atoms with E-state index in [4.69, 9.17) is 0 Å². The molecule has 3 aromatic rings. The number of hydrogen-bond acceptors (Lipinski definition) is 3. The third kappa shape index (κ3) is 4.43. The van der Waals surface area contributed by atoms with E-state index in [1.807, 2.05) is 74.8 Å². The van der Waals surface area contributed by atoms with Crippen molar-refractivity contribution in [2.24, 2.45) is 5.92 Å². The van der Waals surface area contributed by atoms with Gasteiger partial charge in [-0.1, -0.05) is 42.5 Å². The van der Waals surface area contributed by atoms with Crippen LogP contribution in [0.1, 0.15) is 28.9 Å². The molecular weight excluding hydrogens is 376 g/mol. The van der Waals surface area contributed by atoms with Crippen LogP contribution in [0.25, 0.3) is 0 Å². The van der Waals surface area contributed by atoms with Crippen LogP contribution >= 0.6 is 0 Å². The normalized spacial score (nSPS) is 16.1. The molecule has 6 heteroatoms. The van der Waals surface area contributed by atoms with Crippen molar-refractivity contribution >= 4 is 17.5 Å². The Morgan fingerprint density at radius 1 is 1.07 bits per heavy atom. The van der Waals surface area contributed by atoms with Gasteiger partial charge in [-0.05, 0) is 37.1 Å². The van der Waals surface area contributed by atoms with E-state index in [9.17, 15) is 9.59 Å². The summed E-state index contributed by atoms with van der Waals surface area (Å²) in [6, 6.07) is 17.7. The average molecular weight is 402 g/mol. The molecule has 154 valence electrons. The monoisotopic (exact) mass is 402 g/mol. The highest BCUT2D eigenvalue weighted by Gasteiger charge is 2.34. The summed E-state index contributed by atoms with van der Waals surface area (Å²) in [5.74, 6) is -0.409. The highest BCUT2D eigenvalue weighted by molar-refractivity contribution is 5.97. The number of benzene rings is 2. The van der Waals surface area contributed by atoms with Crippen molar-refractivity contribution in [2.45, 2.75) is 33.4 Å². The van der Waals surface area contributed by atoms with Gasteiger partial charge in [0.2, 0.25) is 11.8 Å². The standard InChI is InChI=1S/C24H26N4O2/c1-17-18(2)28(16-25-17)14-20-9-6-10-22(11-20)26-24(30)21-12-23(29)27(15-21)13-19-7-4-3-5-8-19/h3-11,16,21H,12-15H2,1-2H3,(H,26,30). The topological polar surface area (TPSA) is 67.2 Å². The van der Waals surface area contributed by atoms with Crippen LogP contribution in [-0.2, 0) is 22.7 Å². The highest BCUT2D eigenvalue weighted by atomic mass is 16.2. The molecule has 1 aliphatic rings. The largest absolute Gasteiger partial charge is 0.338 e. The fourth-order valence-electron chi connectivity index (χ4n) is 3.80. The molecule has 1 N–H and O–H groups in total. The van der Waals surface area contributed by atoms with Gasteiger partial charge in [-0.3, -0.25) is 9.59 Å². The average Bonchev–Trinajstić information content (AvgIpc) is 3.26. The Morgan fingerprint density at radius 2 is 1.83 bits per heavy atom. The van der Waals surface area contributed by atoms with Gasteiger partial charge in [-0.2, -0.15) is 0 Å². The molecule has 1 fully saturated rings. The van der Waals surface area contributed by atoms with E-state index in [1.54, 1.807) is 4.90 Å². The fourth-order valence-corrected chi connectivity index (χ4v) is 3.80. The second-order valence-corrected chi connectivity index (χ2v) is 7.89. The number of hydrogen-bond donors (Lipinski definition) is 1. The van der Waals surface area contributed by atoms with Crippen LogP contribution in [0.2, 0.25) is 0 Å². The Kier molecular flexibility index (Phi) is 5.65. The molecule has 1 saturated heterocycles. The Morgan fingerprint density at radius 3 is 2.57 bits per heavy atom. The van der Waals surface area contributed by atoms with Crippen molar-refractivity contribution in [3.8, 4) is 0 Å². The number of carbonyl (C=O) groups is 2. The summed E-state index contributed by atoms with van der Waals surface area (Å²) in [5, 5.41) is 2.99. The third-order valence-corrected chi connectivity index (χ3v) is 5.69. The summed E-state index contributed by atoms with van der Waals surface area (Å²) in [6.07, 6.45) is 2.09. The van der Waals surface area contributed by atoms with Gasteiger partial charge in [-0.15, -0.1) is 0 Å². The molecule has 30 heavy (non-hydrogen) atoms. The number of carbonyl (C=O) groups excluding carboxylic acids is 2. The summed E-state index contributed by atoms with van der Waals surface area (Å²) in [5.41, 5.74) is 5.06. The predicted molar refractivity (Wildman–Crippen MR) is 116 cm³/mol. The van der Waals surface area contributed by atoms with Gasteiger partial charge in [0.05, 0.1) is 17.9 Å². The summed E-state index contributed by atoms with van der Waals surface area (Å²) < 4.78 is 2.09. The molecule has 1 unspecified atom stereocenters. The Hall–Kier alpha value is -3.41. The van der Waals surface area contributed by atoms with E-state index in [2.05, 4.69) is 14.9 Å². The predicted octanol–water partition coefficient (Wildman–Crippen LogP) is 3.54. The molecule has 0 spiro atoms. The molecule has 1 atom stereocenters. The number of anilines is 1. The van der Waals surface area contributed by atoms with Crippen LogP contribution < -0.4 is 5.32 Å². The first-order valence-electron chi connectivity index (χ1n) is 10.2. The first kappa shape index (κ1) is 19.9. The second kappa shape index (κ2) is 8.53. The van der Waals surface area contributed by atoms with E-state index < -0.39 is 0 Å². The minimum absolute atomic E-state index is 0.0266. The smallest absolute Gasteiger partial charge is 0.229 e. The zero-order valence-corrected chi connectivity index (χ0v) is 17.3. The first-order chi connectivity index (χ1) is 14.5. The van der Waals surface area contributed by atoms with Gasteiger partial charge in [0.1, 0.15) is 0 Å². The maximum absolute atomic E-state index is 12.8. The quantitative estimate of drug-likeness (QED) is 0.686. The molecule has 1 aromatic heterocycles. The number of imidazole rings is 1. The summed E-state index contributed by atoms with van der Waals surface area (Å²) in [4.78, 5) is 31.3. The highest BCUT2D eigenvalue weighted by Crippen LogP contribution is 2.22. The van der Waals surface area contributed by atoms with Crippen molar-refractivity contribution in [1.82, 2.24) is 14.5 Å². The van der Waals surface area contributed by atoms with Gasteiger partial charge < -0.3 is 14.8 Å². The second-order valence-electron chi connectivity index (χ2n) is 7.89. The summed E-state index contributed by atoms with van der Waals surface area (Å²) >= 11 is 0. The van der Waals surface area contributed by atoms with Crippen molar-refractivity contribution < 1.29 is 9.59 Å². The SMILES string of the molecule is Cc1ncn(Cc2cccc(NC(=O)C3CC(=O)N(Cc4ccccc4)C3)c2)c1C. The molecule has 2 aromatic carbocycles. The van der Waals surface area contributed by atoms with E-state index in [0.717, 1.165) is 28.2 Å². The number of aryl methyl sites for hydroxylation is 1. The maximum Gasteiger partial charge on any atom is 0.229 e. The van der Waals surface area contributed by atoms with Crippen molar-refractivity contribution in [3.05, 3.63) is 83.4 Å². The van der Waals surface area contributed by atoms with Crippen LogP contribution in [0, 0.1) is 19.8 Å². The van der Waals surface area contributed by atoms with Gasteiger partial charge >= 0.3 is 0 Å². The van der Waals surface area contributed by atoms with Gasteiger partial charge in [0.15, 0.2) is 0 Å². The van der Waals surface area contributed by atoms with Crippen molar-refractivity contribution in [3.63, 3.8) is 0 Å². The number of nitrogens with zero attached hydrogens (tertiary/aromatic N) is 3. The first-order valence-corrected chi connectivity index (χ1v) is 10.2. The molecule has 1 aliphatic heterocycles. The van der Waals surface area contributed by atoms with E-state index in [1.165, 1.54) is 0 Å². The lowest BCUT2D eigenvalue weighted by molar-refractivity contribution is -0.128. The number of nitrogens with one attached hydrogen (secondary N) is 1. The molecule has 2 heterocycles. The van der Waals surface area contributed by atoms with Gasteiger partial charge in [-0.25, -0.2) is 4.98 Å². The van der Waals surface area contributed by atoms with Crippen LogP contribution in [0.15, 0.2) is 60.9 Å². The molecule has 6 nitrogen and oxygen atoms in total.